The highest BCUT2D eigenvalue weighted by Crippen LogP contribution is 2.30. The molecule has 7 nitrogen and oxygen atoms in total. The van der Waals surface area contributed by atoms with Crippen molar-refractivity contribution in [1.29, 1.82) is 0 Å². The Morgan fingerprint density at radius 3 is 2.20 bits per heavy atom. The van der Waals surface area contributed by atoms with Crippen molar-refractivity contribution in [3.8, 4) is 0 Å². The van der Waals surface area contributed by atoms with Crippen molar-refractivity contribution in [1.82, 2.24) is 10.6 Å². The Morgan fingerprint density at radius 2 is 1.75 bits per heavy atom. The van der Waals surface area contributed by atoms with Crippen LogP contribution in [0.3, 0.4) is 0 Å². The van der Waals surface area contributed by atoms with Gasteiger partial charge in [0.15, 0.2) is 0 Å². The highest BCUT2D eigenvalue weighted by Gasteiger charge is 2.34. The summed E-state index contributed by atoms with van der Waals surface area (Å²) in [4.78, 5) is 33.5. The van der Waals surface area contributed by atoms with Gasteiger partial charge in [-0.05, 0) is 19.9 Å². The molecule has 1 atom stereocenters. The van der Waals surface area contributed by atoms with Crippen LogP contribution in [-0.4, -0.2) is 46.7 Å². The van der Waals surface area contributed by atoms with E-state index in [1.807, 2.05) is 0 Å². The first-order chi connectivity index (χ1) is 9.38. The predicted molar refractivity (Wildman–Crippen MR) is 71.3 cm³/mol. The third-order valence-corrected chi connectivity index (χ3v) is 3.85. The van der Waals surface area contributed by atoms with E-state index >= 15 is 0 Å². The van der Waals surface area contributed by atoms with Crippen LogP contribution < -0.4 is 10.6 Å². The number of carboxylic acids is 2. The molecular formula is C13H22N2O5. The van der Waals surface area contributed by atoms with Gasteiger partial charge in [0.1, 0.15) is 6.04 Å². The predicted octanol–water partition coefficient (Wildman–Crippen LogP) is 0.343. The van der Waals surface area contributed by atoms with E-state index in [9.17, 15) is 14.4 Å². The van der Waals surface area contributed by atoms with Gasteiger partial charge in [0.05, 0.1) is 6.42 Å². The Hall–Kier alpha value is -1.63. The maximum absolute atomic E-state index is 12.0. The number of rotatable bonds is 7. The number of aliphatic carboxylic acids is 2. The van der Waals surface area contributed by atoms with Crippen LogP contribution in [0.25, 0.3) is 0 Å². The second-order valence-corrected chi connectivity index (χ2v) is 5.32. The van der Waals surface area contributed by atoms with Gasteiger partial charge in [-0.15, -0.1) is 0 Å². The normalized spacial score (nSPS) is 19.1. The zero-order chi connectivity index (χ0) is 15.2. The van der Waals surface area contributed by atoms with Gasteiger partial charge in [-0.2, -0.15) is 0 Å². The van der Waals surface area contributed by atoms with Crippen LogP contribution in [0.4, 0.5) is 0 Å². The average Bonchev–Trinajstić information content (AvgIpc) is 2.38. The number of amides is 1. The van der Waals surface area contributed by atoms with E-state index in [-0.39, 0.29) is 12.0 Å². The molecule has 0 saturated heterocycles. The summed E-state index contributed by atoms with van der Waals surface area (Å²) < 4.78 is 0. The van der Waals surface area contributed by atoms with Gasteiger partial charge in [0.2, 0.25) is 5.91 Å². The summed E-state index contributed by atoms with van der Waals surface area (Å²) >= 11 is 0. The zero-order valence-corrected chi connectivity index (χ0v) is 11.6. The highest BCUT2D eigenvalue weighted by molar-refractivity contribution is 5.87. The molecule has 0 aliphatic heterocycles. The first-order valence-electron chi connectivity index (χ1n) is 6.81. The van der Waals surface area contributed by atoms with Crippen LogP contribution in [0, 0.1) is 0 Å². The van der Waals surface area contributed by atoms with E-state index in [0.717, 1.165) is 32.1 Å². The molecule has 0 spiro atoms. The lowest BCUT2D eigenvalue weighted by Gasteiger charge is -2.36. The number of carbonyl (C=O) groups excluding carboxylic acids is 1. The van der Waals surface area contributed by atoms with Gasteiger partial charge in [-0.25, -0.2) is 4.79 Å². The fourth-order valence-corrected chi connectivity index (χ4v) is 2.67. The third-order valence-electron chi connectivity index (χ3n) is 3.85. The molecule has 1 aliphatic rings. The lowest BCUT2D eigenvalue weighted by atomic mass is 9.79. The first kappa shape index (κ1) is 16.4. The lowest BCUT2D eigenvalue weighted by molar-refractivity contribution is -0.147. The molecule has 7 heteroatoms. The number of hydrogen-bond acceptors (Lipinski definition) is 4. The van der Waals surface area contributed by atoms with Crippen LogP contribution in [0.15, 0.2) is 0 Å². The molecule has 1 fully saturated rings. The van der Waals surface area contributed by atoms with E-state index in [1.54, 1.807) is 7.05 Å². The minimum Gasteiger partial charge on any atom is -0.481 e. The topological polar surface area (TPSA) is 116 Å². The van der Waals surface area contributed by atoms with E-state index in [2.05, 4.69) is 10.6 Å². The summed E-state index contributed by atoms with van der Waals surface area (Å²) in [5, 5.41) is 23.0. The van der Waals surface area contributed by atoms with Crippen molar-refractivity contribution in [3.63, 3.8) is 0 Å². The van der Waals surface area contributed by atoms with E-state index < -0.39 is 30.3 Å². The summed E-state index contributed by atoms with van der Waals surface area (Å²) in [6, 6.07) is -1.38. The molecule has 0 aromatic heterocycles. The highest BCUT2D eigenvalue weighted by atomic mass is 16.4. The Kier molecular flexibility index (Phi) is 5.94. The molecule has 20 heavy (non-hydrogen) atoms. The molecule has 4 N–H and O–H groups in total. The fraction of sp³-hybridized carbons (Fsp3) is 0.769. The van der Waals surface area contributed by atoms with Crippen molar-refractivity contribution in [2.45, 2.75) is 56.5 Å². The summed E-state index contributed by atoms with van der Waals surface area (Å²) in [6.07, 6.45) is 4.50. The molecule has 0 aromatic rings. The van der Waals surface area contributed by atoms with Crippen molar-refractivity contribution in [2.24, 2.45) is 0 Å². The quantitative estimate of drug-likeness (QED) is 0.536. The summed E-state index contributed by atoms with van der Waals surface area (Å²) in [5.41, 5.74) is -0.297. The standard InChI is InChI=1S/C13H22N2O5/c1-14-13(5-3-2-4-6-13)8-10(16)15-9(12(19)20)7-11(17)18/h9,14H,2-8H2,1H3,(H,15,16)(H,17,18)(H,19,20). The lowest BCUT2D eigenvalue weighted by Crippen LogP contribution is -2.51. The van der Waals surface area contributed by atoms with Crippen molar-refractivity contribution < 1.29 is 24.6 Å². The molecular weight excluding hydrogens is 264 g/mol. The van der Waals surface area contributed by atoms with Gasteiger partial charge in [-0.1, -0.05) is 19.3 Å². The van der Waals surface area contributed by atoms with Gasteiger partial charge in [-0.3, -0.25) is 9.59 Å². The van der Waals surface area contributed by atoms with Crippen LogP contribution in [0.1, 0.15) is 44.9 Å². The molecule has 1 rings (SSSR count). The maximum atomic E-state index is 12.0. The molecule has 114 valence electrons. The molecule has 0 radical (unpaired) electrons. The van der Waals surface area contributed by atoms with Crippen molar-refractivity contribution in [3.05, 3.63) is 0 Å². The molecule has 1 amide bonds. The minimum atomic E-state index is -1.38. The molecule has 1 unspecified atom stereocenters. The minimum absolute atomic E-state index is 0.174. The Labute approximate surface area is 117 Å². The molecule has 0 heterocycles. The van der Waals surface area contributed by atoms with Gasteiger partial charge in [0, 0.05) is 12.0 Å². The summed E-state index contributed by atoms with van der Waals surface area (Å²) in [7, 11) is 1.80. The summed E-state index contributed by atoms with van der Waals surface area (Å²) in [6.45, 7) is 0. The van der Waals surface area contributed by atoms with E-state index in [1.165, 1.54) is 0 Å². The Balaban J connectivity index is 2.59. The van der Waals surface area contributed by atoms with Crippen LogP contribution >= 0.6 is 0 Å². The first-order valence-corrected chi connectivity index (χ1v) is 6.81. The van der Waals surface area contributed by atoms with Crippen LogP contribution in [0.2, 0.25) is 0 Å². The molecule has 1 saturated carbocycles. The smallest absolute Gasteiger partial charge is 0.326 e. The Morgan fingerprint density at radius 1 is 1.15 bits per heavy atom. The number of hydrogen-bond donors (Lipinski definition) is 4. The maximum Gasteiger partial charge on any atom is 0.326 e. The molecule has 0 bridgehead atoms. The van der Waals surface area contributed by atoms with Gasteiger partial charge in [0.25, 0.3) is 0 Å². The van der Waals surface area contributed by atoms with Crippen molar-refractivity contribution in [2.75, 3.05) is 7.05 Å². The van der Waals surface area contributed by atoms with Crippen LogP contribution in [0.5, 0.6) is 0 Å². The number of nitrogens with one attached hydrogen (secondary N) is 2. The Bertz CT molecular complexity index is 377. The third kappa shape index (κ3) is 4.80. The molecule has 1 aliphatic carbocycles. The van der Waals surface area contributed by atoms with Gasteiger partial charge >= 0.3 is 11.9 Å². The van der Waals surface area contributed by atoms with Gasteiger partial charge < -0.3 is 20.8 Å². The van der Waals surface area contributed by atoms with Crippen molar-refractivity contribution >= 4 is 17.8 Å². The molecule has 0 aromatic carbocycles. The summed E-state index contributed by atoms with van der Waals surface area (Å²) in [5.74, 6) is -3.00. The monoisotopic (exact) mass is 286 g/mol. The number of carbonyl (C=O) groups is 3. The zero-order valence-electron chi connectivity index (χ0n) is 11.6. The van der Waals surface area contributed by atoms with Crippen LogP contribution in [-0.2, 0) is 14.4 Å². The van der Waals surface area contributed by atoms with E-state index in [0.29, 0.717) is 0 Å². The van der Waals surface area contributed by atoms with E-state index in [4.69, 9.17) is 10.2 Å². The average molecular weight is 286 g/mol. The second kappa shape index (κ2) is 7.23. The largest absolute Gasteiger partial charge is 0.481 e. The SMILES string of the molecule is CNC1(CC(=O)NC(CC(=O)O)C(=O)O)CCCCC1. The fourth-order valence-electron chi connectivity index (χ4n) is 2.67. The second-order valence-electron chi connectivity index (χ2n) is 5.32. The number of carboxylic acid groups (broad SMARTS) is 2.